The molecule has 26 valence electrons. The predicted octanol–water partition coefficient (Wildman–Crippen LogP) is -0.767. The molecule has 0 saturated carbocycles. The normalized spacial score (nSPS) is 0. The van der Waals surface area contributed by atoms with Crippen molar-refractivity contribution in [3.05, 3.63) is 0 Å². The second-order valence-corrected chi connectivity index (χ2v) is 0. The summed E-state index contributed by atoms with van der Waals surface area (Å²) in [6.07, 6.45) is 0. The molecule has 0 aromatic carbocycles. The molecule has 4 heavy (non-hydrogen) atoms. The zero-order valence-electron chi connectivity index (χ0n) is 1.66. The van der Waals surface area contributed by atoms with E-state index in [2.05, 4.69) is 0 Å². The van der Waals surface area contributed by atoms with Crippen molar-refractivity contribution >= 4 is 53.5 Å². The average Bonchev–Trinajstić information content (AvgIpc) is 0. The fourth-order valence-electron chi connectivity index (χ4n) is 0. The van der Waals surface area contributed by atoms with E-state index in [4.69, 9.17) is 0 Å². The van der Waals surface area contributed by atoms with Crippen molar-refractivity contribution in [2.24, 2.45) is 0 Å². The smallest absolute Gasteiger partial charge is 0 e. The minimum absolute atomic E-state index is 0. The van der Waals surface area contributed by atoms with Crippen LogP contribution in [-0.4, -0.2) is 53.5 Å². The molecule has 0 aromatic heterocycles. The van der Waals surface area contributed by atoms with Crippen molar-refractivity contribution in [3.63, 3.8) is 0 Å². The standard InChI is InChI=1S/Bi.Cu.Mo.Pb. The van der Waals surface area contributed by atoms with Gasteiger partial charge in [-0.3, -0.25) is 0 Å². The maximum atomic E-state index is 0. The van der Waals surface area contributed by atoms with Gasteiger partial charge in [0.25, 0.3) is 0 Å². The Morgan fingerprint density at radius 2 is 1.00 bits per heavy atom. The Hall–Kier alpha value is 3.01. The molecule has 0 rings (SSSR count). The van der Waals surface area contributed by atoms with Crippen molar-refractivity contribution in [3.8, 4) is 0 Å². The van der Waals surface area contributed by atoms with Gasteiger partial charge in [-0.05, 0) is 0 Å². The quantitative estimate of drug-likeness (QED) is 0.333. The summed E-state index contributed by atoms with van der Waals surface area (Å²) in [7, 11) is 0. The van der Waals surface area contributed by atoms with E-state index in [-0.39, 0.29) is 91.6 Å². The average molecular weight is 576 g/mol. The van der Waals surface area contributed by atoms with Crippen LogP contribution in [0.5, 0.6) is 0 Å². The first-order valence-corrected chi connectivity index (χ1v) is 0. The Kier molecular flexibility index (Phi) is 116. The van der Waals surface area contributed by atoms with E-state index in [0.29, 0.717) is 0 Å². The molecule has 0 aliphatic heterocycles. The second kappa shape index (κ2) is 16.6. The minimum atomic E-state index is 0. The van der Waals surface area contributed by atoms with Crippen LogP contribution in [0.25, 0.3) is 0 Å². The van der Waals surface area contributed by atoms with Crippen LogP contribution in [0.3, 0.4) is 0 Å². The first-order chi connectivity index (χ1) is 0. The molecule has 0 N–H and O–H groups in total. The van der Waals surface area contributed by atoms with Gasteiger partial charge in [-0.25, -0.2) is 0 Å². The topological polar surface area (TPSA) is 0 Å². The Morgan fingerprint density at radius 1 is 1.00 bits per heavy atom. The van der Waals surface area contributed by atoms with E-state index < -0.39 is 0 Å². The summed E-state index contributed by atoms with van der Waals surface area (Å²) in [5.74, 6) is 0. The van der Waals surface area contributed by atoms with Crippen LogP contribution in [0.1, 0.15) is 0 Å². The number of hydrogen-bond donors (Lipinski definition) is 0. The van der Waals surface area contributed by atoms with Gasteiger partial charge in [0, 0.05) is 91.6 Å². The van der Waals surface area contributed by atoms with Crippen LogP contribution in [0, 0.1) is 0 Å². The molecule has 8 radical (unpaired) electrons. The minimum Gasteiger partial charge on any atom is 0 e. The zero-order chi connectivity index (χ0) is 0. The van der Waals surface area contributed by atoms with Crippen LogP contribution in [-0.2, 0) is 38.1 Å². The molecule has 0 amide bonds. The van der Waals surface area contributed by atoms with Gasteiger partial charge in [0.05, 0.1) is 0 Å². The first-order valence-electron chi connectivity index (χ1n) is 0. The Morgan fingerprint density at radius 3 is 1.00 bits per heavy atom. The zero-order valence-corrected chi connectivity index (χ0v) is 12.0. The van der Waals surface area contributed by atoms with E-state index in [9.17, 15) is 0 Å². The third-order valence-corrected chi connectivity index (χ3v) is 0. The third kappa shape index (κ3) is 8.89. The number of rotatable bonds is 0. The maximum Gasteiger partial charge on any atom is 0 e. The molecular weight excluding hydrogens is 576 g/mol. The Bertz CT molecular complexity index is 8.00. The van der Waals surface area contributed by atoms with Gasteiger partial charge in [0.15, 0.2) is 0 Å². The SMILES string of the molecule is [Bi].[Cu].[Mo].[Pb]. The van der Waals surface area contributed by atoms with Crippen molar-refractivity contribution in [2.45, 2.75) is 0 Å². The van der Waals surface area contributed by atoms with Crippen molar-refractivity contribution in [1.82, 2.24) is 0 Å². The van der Waals surface area contributed by atoms with Gasteiger partial charge in [-0.2, -0.15) is 0 Å². The molecule has 0 unspecified atom stereocenters. The summed E-state index contributed by atoms with van der Waals surface area (Å²) >= 11 is 0. The monoisotopic (exact) mass is 578 g/mol. The summed E-state index contributed by atoms with van der Waals surface area (Å²) in [4.78, 5) is 0. The molecule has 0 aliphatic rings. The summed E-state index contributed by atoms with van der Waals surface area (Å²) in [6, 6.07) is 0. The van der Waals surface area contributed by atoms with Gasteiger partial charge < -0.3 is 0 Å². The van der Waals surface area contributed by atoms with Crippen molar-refractivity contribution in [2.75, 3.05) is 0 Å². The number of hydrogen-bond acceptors (Lipinski definition) is 0. The molecule has 0 fully saturated rings. The van der Waals surface area contributed by atoms with E-state index >= 15 is 0 Å². The molecule has 0 aliphatic carbocycles. The Labute approximate surface area is 89.9 Å². The molecular formula is BiCuMoPb. The van der Waals surface area contributed by atoms with E-state index in [1.807, 2.05) is 0 Å². The molecule has 0 bridgehead atoms. The van der Waals surface area contributed by atoms with Gasteiger partial charge in [-0.1, -0.05) is 0 Å². The van der Waals surface area contributed by atoms with E-state index in [1.165, 1.54) is 0 Å². The van der Waals surface area contributed by atoms with Crippen LogP contribution in [0.4, 0.5) is 0 Å². The van der Waals surface area contributed by atoms with E-state index in [1.54, 1.807) is 0 Å². The molecule has 0 nitrogen and oxygen atoms in total. The molecule has 0 heterocycles. The summed E-state index contributed by atoms with van der Waals surface area (Å²) < 4.78 is 0. The summed E-state index contributed by atoms with van der Waals surface area (Å²) in [5.41, 5.74) is 0. The van der Waals surface area contributed by atoms with E-state index in [0.717, 1.165) is 0 Å². The van der Waals surface area contributed by atoms with Crippen LogP contribution in [0.2, 0.25) is 0 Å². The van der Waals surface area contributed by atoms with Crippen molar-refractivity contribution < 1.29 is 38.1 Å². The van der Waals surface area contributed by atoms with Gasteiger partial charge in [-0.15, -0.1) is 0 Å². The predicted molar refractivity (Wildman–Crippen MR) is 11.5 cm³/mol. The molecule has 4 heteroatoms. The van der Waals surface area contributed by atoms with Crippen LogP contribution in [0.15, 0.2) is 0 Å². The van der Waals surface area contributed by atoms with Gasteiger partial charge in [0.2, 0.25) is 0 Å². The van der Waals surface area contributed by atoms with Crippen molar-refractivity contribution in [1.29, 1.82) is 0 Å². The second-order valence-electron chi connectivity index (χ2n) is 0. The largest absolute Gasteiger partial charge is 0 e. The molecule has 0 aromatic rings. The van der Waals surface area contributed by atoms with Crippen LogP contribution < -0.4 is 0 Å². The third-order valence-electron chi connectivity index (χ3n) is 0. The summed E-state index contributed by atoms with van der Waals surface area (Å²) in [6.45, 7) is 0. The maximum absolute atomic E-state index is 0. The summed E-state index contributed by atoms with van der Waals surface area (Å²) in [5, 5.41) is 0. The molecule has 0 spiro atoms. The van der Waals surface area contributed by atoms with Gasteiger partial charge in [0.1, 0.15) is 0 Å². The van der Waals surface area contributed by atoms with Crippen LogP contribution >= 0.6 is 0 Å². The fourth-order valence-corrected chi connectivity index (χ4v) is 0. The molecule has 0 saturated heterocycles. The first kappa shape index (κ1) is 27.9. The Balaban J connectivity index is 0. The molecule has 0 atom stereocenters. The van der Waals surface area contributed by atoms with Gasteiger partial charge >= 0.3 is 0 Å². The fraction of sp³-hybridized carbons (Fsp3) is 0.